The van der Waals surface area contributed by atoms with E-state index in [0.717, 1.165) is 0 Å². The van der Waals surface area contributed by atoms with E-state index in [1.54, 1.807) is 19.1 Å². The van der Waals surface area contributed by atoms with Crippen LogP contribution in [0.3, 0.4) is 0 Å². The first-order valence-corrected chi connectivity index (χ1v) is 5.20. The molecule has 7 nitrogen and oxygen atoms in total. The molecule has 0 aliphatic rings. The molecule has 94 valence electrons. The molecule has 2 amide bonds. The van der Waals surface area contributed by atoms with Gasteiger partial charge in [-0.2, -0.15) is 0 Å². The van der Waals surface area contributed by atoms with Gasteiger partial charge in [-0.05, 0) is 19.1 Å². The Labute approximate surface area is 102 Å². The fourth-order valence-corrected chi connectivity index (χ4v) is 1.26. The summed E-state index contributed by atoms with van der Waals surface area (Å²) >= 11 is 0. The lowest BCUT2D eigenvalue weighted by Gasteiger charge is -2.02. The van der Waals surface area contributed by atoms with E-state index in [9.17, 15) is 9.59 Å². The number of furan rings is 1. The summed E-state index contributed by atoms with van der Waals surface area (Å²) in [4.78, 5) is 22.9. The second-order valence-corrected chi connectivity index (χ2v) is 3.54. The lowest BCUT2D eigenvalue weighted by atomic mass is 10.4. The normalized spacial score (nSPS) is 10.1. The number of rotatable bonds is 3. The van der Waals surface area contributed by atoms with Crippen LogP contribution >= 0.6 is 0 Å². The maximum absolute atomic E-state index is 11.4. The quantitative estimate of drug-likeness (QED) is 0.785. The molecule has 0 fully saturated rings. The van der Waals surface area contributed by atoms with E-state index in [-0.39, 0.29) is 12.4 Å². The minimum Gasteiger partial charge on any atom is -0.467 e. The Hall–Kier alpha value is -2.57. The Morgan fingerprint density at radius 3 is 2.83 bits per heavy atom. The highest BCUT2D eigenvalue weighted by Crippen LogP contribution is 2.06. The number of carbonyl (C=O) groups is 2. The summed E-state index contributed by atoms with van der Waals surface area (Å²) in [6, 6.07) is 4.90. The summed E-state index contributed by atoms with van der Waals surface area (Å²) < 4.78 is 9.76. The van der Waals surface area contributed by atoms with Crippen molar-refractivity contribution < 1.29 is 18.5 Å². The molecule has 0 aliphatic heterocycles. The lowest BCUT2D eigenvalue weighted by Crippen LogP contribution is -2.34. The van der Waals surface area contributed by atoms with Crippen LogP contribution in [0.5, 0.6) is 0 Å². The largest absolute Gasteiger partial charge is 0.467 e. The monoisotopic (exact) mass is 249 g/mol. The third kappa shape index (κ3) is 2.97. The number of amides is 2. The summed E-state index contributed by atoms with van der Waals surface area (Å²) in [5.74, 6) is -0.276. The molecule has 0 spiro atoms. The van der Waals surface area contributed by atoms with Crippen molar-refractivity contribution in [2.45, 2.75) is 13.5 Å². The van der Waals surface area contributed by atoms with Gasteiger partial charge in [0.1, 0.15) is 11.5 Å². The highest BCUT2D eigenvalue weighted by atomic mass is 16.5. The van der Waals surface area contributed by atoms with E-state index in [1.165, 1.54) is 12.3 Å². The molecule has 0 aliphatic carbocycles. The van der Waals surface area contributed by atoms with Gasteiger partial charge in [-0.3, -0.25) is 14.9 Å². The van der Waals surface area contributed by atoms with Crippen molar-refractivity contribution in [1.82, 2.24) is 10.5 Å². The predicted octanol–water partition coefficient (Wildman–Crippen LogP) is 0.831. The molecule has 0 saturated carbocycles. The fraction of sp³-hybridized carbons (Fsp3) is 0.182. The van der Waals surface area contributed by atoms with Crippen molar-refractivity contribution in [3.63, 3.8) is 0 Å². The zero-order valence-corrected chi connectivity index (χ0v) is 9.60. The van der Waals surface area contributed by atoms with Crippen molar-refractivity contribution in [2.24, 2.45) is 0 Å². The molecule has 0 radical (unpaired) electrons. The van der Waals surface area contributed by atoms with Crippen molar-refractivity contribution >= 4 is 17.6 Å². The molecule has 7 heteroatoms. The van der Waals surface area contributed by atoms with Gasteiger partial charge < -0.3 is 14.3 Å². The first-order valence-electron chi connectivity index (χ1n) is 5.20. The first kappa shape index (κ1) is 11.9. The minimum atomic E-state index is -0.810. The highest BCUT2D eigenvalue weighted by molar-refractivity contribution is 6.39. The van der Waals surface area contributed by atoms with Crippen LogP contribution in [0.2, 0.25) is 0 Å². The van der Waals surface area contributed by atoms with E-state index in [2.05, 4.69) is 15.8 Å². The molecular formula is C11H11N3O4. The van der Waals surface area contributed by atoms with Crippen LogP contribution in [0.1, 0.15) is 11.5 Å². The van der Waals surface area contributed by atoms with Crippen molar-refractivity contribution in [1.29, 1.82) is 0 Å². The number of hydrogen-bond acceptors (Lipinski definition) is 5. The summed E-state index contributed by atoms with van der Waals surface area (Å²) in [7, 11) is 0. The maximum Gasteiger partial charge on any atom is 0.314 e. The highest BCUT2D eigenvalue weighted by Gasteiger charge is 2.15. The molecule has 0 unspecified atom stereocenters. The smallest absolute Gasteiger partial charge is 0.314 e. The number of aryl methyl sites for hydroxylation is 1. The molecule has 0 aromatic carbocycles. The zero-order valence-electron chi connectivity index (χ0n) is 9.60. The Kier molecular flexibility index (Phi) is 3.42. The number of aromatic nitrogens is 1. The molecule has 0 atom stereocenters. The Balaban J connectivity index is 1.83. The Bertz CT molecular complexity index is 544. The fourth-order valence-electron chi connectivity index (χ4n) is 1.26. The van der Waals surface area contributed by atoms with Crippen molar-refractivity contribution in [3.05, 3.63) is 36.0 Å². The average Bonchev–Trinajstić information content (AvgIpc) is 2.97. The number of hydrogen-bond donors (Lipinski definition) is 2. The number of nitrogens with one attached hydrogen (secondary N) is 2. The predicted molar refractivity (Wildman–Crippen MR) is 60.4 cm³/mol. The van der Waals surface area contributed by atoms with Gasteiger partial charge in [0.15, 0.2) is 5.82 Å². The van der Waals surface area contributed by atoms with Gasteiger partial charge >= 0.3 is 11.8 Å². The molecular weight excluding hydrogens is 238 g/mol. The van der Waals surface area contributed by atoms with Gasteiger partial charge in [0.25, 0.3) is 0 Å². The molecule has 2 aromatic heterocycles. The maximum atomic E-state index is 11.4. The van der Waals surface area contributed by atoms with Crippen LogP contribution in [-0.4, -0.2) is 17.0 Å². The topological polar surface area (TPSA) is 97.4 Å². The summed E-state index contributed by atoms with van der Waals surface area (Å²) in [5.41, 5.74) is 0. The number of nitrogens with zero attached hydrogens (tertiary/aromatic N) is 1. The molecule has 0 bridgehead atoms. The second kappa shape index (κ2) is 5.17. The Morgan fingerprint density at radius 1 is 1.39 bits per heavy atom. The molecule has 2 rings (SSSR count). The van der Waals surface area contributed by atoms with Crippen LogP contribution in [0.15, 0.2) is 33.4 Å². The van der Waals surface area contributed by atoms with Gasteiger partial charge in [0.05, 0.1) is 12.8 Å². The van der Waals surface area contributed by atoms with E-state index in [4.69, 9.17) is 8.94 Å². The zero-order chi connectivity index (χ0) is 13.0. The molecule has 18 heavy (non-hydrogen) atoms. The number of anilines is 1. The minimum absolute atomic E-state index is 0.150. The SMILES string of the molecule is Cc1cc(NC(=O)C(=O)NCc2ccco2)no1. The summed E-state index contributed by atoms with van der Waals surface area (Å²) in [6.07, 6.45) is 1.49. The van der Waals surface area contributed by atoms with E-state index < -0.39 is 11.8 Å². The van der Waals surface area contributed by atoms with Crippen LogP contribution in [0.25, 0.3) is 0 Å². The van der Waals surface area contributed by atoms with Crippen LogP contribution in [0.4, 0.5) is 5.82 Å². The summed E-state index contributed by atoms with van der Waals surface area (Å²) in [5, 5.41) is 8.26. The van der Waals surface area contributed by atoms with Crippen LogP contribution < -0.4 is 10.6 Å². The van der Waals surface area contributed by atoms with Crippen LogP contribution in [-0.2, 0) is 16.1 Å². The standard InChI is InChI=1S/C11H11N3O4/c1-7-5-9(14-18-7)13-11(16)10(15)12-6-8-3-2-4-17-8/h2-5H,6H2,1H3,(H,12,15)(H,13,14,16). The van der Waals surface area contributed by atoms with Gasteiger partial charge in [0, 0.05) is 6.07 Å². The van der Waals surface area contributed by atoms with Crippen LogP contribution in [0, 0.1) is 6.92 Å². The third-order valence-electron chi connectivity index (χ3n) is 2.08. The van der Waals surface area contributed by atoms with E-state index >= 15 is 0 Å². The van der Waals surface area contributed by atoms with Crippen molar-refractivity contribution in [3.8, 4) is 0 Å². The average molecular weight is 249 g/mol. The third-order valence-corrected chi connectivity index (χ3v) is 2.08. The second-order valence-electron chi connectivity index (χ2n) is 3.54. The Morgan fingerprint density at radius 2 is 2.22 bits per heavy atom. The van der Waals surface area contributed by atoms with Gasteiger partial charge in [-0.1, -0.05) is 5.16 Å². The molecule has 2 N–H and O–H groups in total. The van der Waals surface area contributed by atoms with Crippen molar-refractivity contribution in [2.75, 3.05) is 5.32 Å². The van der Waals surface area contributed by atoms with Gasteiger partial charge in [0.2, 0.25) is 0 Å². The lowest BCUT2D eigenvalue weighted by molar-refractivity contribution is -0.136. The molecule has 2 aromatic rings. The first-order chi connectivity index (χ1) is 8.65. The molecule has 0 saturated heterocycles. The van der Waals surface area contributed by atoms with Gasteiger partial charge in [-0.25, -0.2) is 0 Å². The number of carbonyl (C=O) groups excluding carboxylic acids is 2. The summed E-state index contributed by atoms with van der Waals surface area (Å²) in [6.45, 7) is 1.83. The van der Waals surface area contributed by atoms with E-state index in [0.29, 0.717) is 11.5 Å². The van der Waals surface area contributed by atoms with Gasteiger partial charge in [-0.15, -0.1) is 0 Å². The van der Waals surface area contributed by atoms with E-state index in [1.807, 2.05) is 0 Å². The molecule has 2 heterocycles.